The lowest BCUT2D eigenvalue weighted by Gasteiger charge is -2.40. The normalized spacial score (nSPS) is 31.0. The second kappa shape index (κ2) is 5.93. The minimum Gasteiger partial charge on any atom is -0.461 e. The molecule has 0 radical (unpaired) electrons. The van der Waals surface area contributed by atoms with E-state index in [4.69, 9.17) is 9.47 Å². The summed E-state index contributed by atoms with van der Waals surface area (Å²) < 4.78 is 11.1. The zero-order valence-electron chi connectivity index (χ0n) is 16.3. The highest BCUT2D eigenvalue weighted by atomic mass is 16.6. The first-order chi connectivity index (χ1) is 11.1. The van der Waals surface area contributed by atoms with Crippen molar-refractivity contribution in [1.82, 2.24) is 4.90 Å². The Morgan fingerprint density at radius 1 is 1.24 bits per heavy atom. The summed E-state index contributed by atoms with van der Waals surface area (Å²) >= 11 is 0. The fourth-order valence-corrected chi connectivity index (χ4v) is 3.80. The largest absolute Gasteiger partial charge is 0.461 e. The van der Waals surface area contributed by atoms with Crippen LogP contribution in [0.25, 0.3) is 0 Å². The summed E-state index contributed by atoms with van der Waals surface area (Å²) in [5.74, 6) is -1.01. The Balaban J connectivity index is 2.27. The molecule has 2 fully saturated rings. The number of carbonyl (C=O) groups excluding carboxylic acids is 2. The van der Waals surface area contributed by atoms with Crippen molar-refractivity contribution in [2.24, 2.45) is 5.41 Å². The molecule has 2 rings (SSSR count). The Morgan fingerprint density at radius 2 is 1.80 bits per heavy atom. The number of ether oxygens (including phenoxy) is 2. The third-order valence-electron chi connectivity index (χ3n) is 4.88. The molecule has 25 heavy (non-hydrogen) atoms. The minimum atomic E-state index is -1.36. The Kier molecular flexibility index (Phi) is 4.77. The molecule has 0 amide bonds. The number of fused-ring (bicyclic) bond motifs is 1. The number of hydrogen-bond donors (Lipinski definition) is 2. The van der Waals surface area contributed by atoms with Crippen molar-refractivity contribution in [3.63, 3.8) is 0 Å². The summed E-state index contributed by atoms with van der Waals surface area (Å²) in [5.41, 5.74) is -4.12. The van der Waals surface area contributed by atoms with Gasteiger partial charge in [-0.2, -0.15) is 0 Å². The first-order valence-electron chi connectivity index (χ1n) is 8.70. The van der Waals surface area contributed by atoms with Gasteiger partial charge in [0.05, 0.1) is 17.6 Å². The number of carbonyl (C=O) groups is 2. The Hall–Kier alpha value is -1.18. The number of nitrogens with zero attached hydrogens (tertiary/aromatic N) is 1. The Bertz CT molecular complexity index is 553. The molecule has 2 aliphatic rings. The summed E-state index contributed by atoms with van der Waals surface area (Å²) in [6, 6.07) is 0. The molecule has 0 spiro atoms. The van der Waals surface area contributed by atoms with Crippen LogP contribution >= 0.6 is 0 Å². The first kappa shape index (κ1) is 20.1. The molecule has 2 aliphatic heterocycles. The van der Waals surface area contributed by atoms with Gasteiger partial charge < -0.3 is 19.7 Å². The highest BCUT2D eigenvalue weighted by molar-refractivity contribution is 5.85. The van der Waals surface area contributed by atoms with Gasteiger partial charge in [0.25, 0.3) is 0 Å². The smallest absolute Gasteiger partial charge is 0.331 e. The maximum Gasteiger partial charge on any atom is 0.331 e. The van der Waals surface area contributed by atoms with Crippen molar-refractivity contribution in [1.29, 1.82) is 0 Å². The van der Waals surface area contributed by atoms with Gasteiger partial charge in [-0.1, -0.05) is 20.8 Å². The minimum absolute atomic E-state index is 0.133. The SMILES string of the molecule is CC(C)(O)CC(=O)OC1CN2C(C(C)(C)C)OC(=O)C2(C(C)(C)O)C1. The summed E-state index contributed by atoms with van der Waals surface area (Å²) in [6.07, 6.45) is -1.02. The first-order valence-corrected chi connectivity index (χ1v) is 8.70. The molecule has 0 saturated carbocycles. The third kappa shape index (κ3) is 3.68. The average molecular weight is 357 g/mol. The van der Waals surface area contributed by atoms with E-state index in [-0.39, 0.29) is 18.3 Å². The van der Waals surface area contributed by atoms with Crippen molar-refractivity contribution in [3.05, 3.63) is 0 Å². The van der Waals surface area contributed by atoms with Gasteiger partial charge >= 0.3 is 11.9 Å². The van der Waals surface area contributed by atoms with Crippen LogP contribution in [0.3, 0.4) is 0 Å². The van der Waals surface area contributed by atoms with Gasteiger partial charge in [0, 0.05) is 18.4 Å². The van der Waals surface area contributed by atoms with Crippen LogP contribution in [0.1, 0.15) is 61.3 Å². The molecule has 2 N–H and O–H groups in total. The van der Waals surface area contributed by atoms with Crippen molar-refractivity contribution in [2.75, 3.05) is 6.54 Å². The van der Waals surface area contributed by atoms with Crippen molar-refractivity contribution < 1.29 is 29.3 Å². The van der Waals surface area contributed by atoms with Gasteiger partial charge in [0.1, 0.15) is 6.10 Å². The number of aliphatic hydroxyl groups is 2. The molecule has 0 aromatic rings. The van der Waals surface area contributed by atoms with Gasteiger partial charge in [-0.25, -0.2) is 9.69 Å². The fraction of sp³-hybridized carbons (Fsp3) is 0.889. The van der Waals surface area contributed by atoms with Gasteiger partial charge in [-0.05, 0) is 27.7 Å². The predicted molar refractivity (Wildman–Crippen MR) is 90.5 cm³/mol. The van der Waals surface area contributed by atoms with Crippen molar-refractivity contribution in [3.8, 4) is 0 Å². The maximum atomic E-state index is 12.7. The summed E-state index contributed by atoms with van der Waals surface area (Å²) in [4.78, 5) is 26.6. The summed E-state index contributed by atoms with van der Waals surface area (Å²) in [7, 11) is 0. The standard InChI is InChI=1S/C18H31NO6/c1-15(2,3)13-19-10-11(24-12(20)9-16(4,5)22)8-18(19,14(21)25-13)17(6,7)23/h11,13,22-23H,8-10H2,1-7H3. The van der Waals surface area contributed by atoms with Crippen molar-refractivity contribution in [2.45, 2.75) is 90.4 Å². The van der Waals surface area contributed by atoms with E-state index in [1.165, 1.54) is 13.8 Å². The number of hydrogen-bond acceptors (Lipinski definition) is 7. The van der Waals surface area contributed by atoms with E-state index in [0.29, 0.717) is 6.54 Å². The average Bonchev–Trinajstić information content (AvgIpc) is 2.82. The van der Waals surface area contributed by atoms with Gasteiger partial charge in [-0.3, -0.25) is 4.79 Å². The molecule has 2 heterocycles. The number of rotatable bonds is 4. The van der Waals surface area contributed by atoms with Crippen LogP contribution in [0.5, 0.6) is 0 Å². The molecule has 7 nitrogen and oxygen atoms in total. The van der Waals surface area contributed by atoms with Gasteiger partial charge in [0.2, 0.25) is 0 Å². The molecular weight excluding hydrogens is 326 g/mol. The monoisotopic (exact) mass is 357 g/mol. The van der Waals surface area contributed by atoms with Crippen molar-refractivity contribution >= 4 is 11.9 Å². The van der Waals surface area contributed by atoms with Gasteiger partial charge in [-0.15, -0.1) is 0 Å². The second-order valence-electron chi connectivity index (χ2n) is 9.50. The molecule has 0 aromatic heterocycles. The molecule has 0 aliphatic carbocycles. The lowest BCUT2D eigenvalue weighted by atomic mass is 9.79. The zero-order valence-corrected chi connectivity index (χ0v) is 16.3. The van der Waals surface area contributed by atoms with Crippen LogP contribution in [-0.4, -0.2) is 62.7 Å². The molecule has 144 valence electrons. The van der Waals surface area contributed by atoms with Crippen LogP contribution in [0.15, 0.2) is 0 Å². The van der Waals surface area contributed by atoms with Crippen LogP contribution < -0.4 is 0 Å². The maximum absolute atomic E-state index is 12.7. The third-order valence-corrected chi connectivity index (χ3v) is 4.88. The van der Waals surface area contributed by atoms with E-state index < -0.39 is 41.0 Å². The predicted octanol–water partition coefficient (Wildman–Crippen LogP) is 1.20. The fourth-order valence-electron chi connectivity index (χ4n) is 3.80. The van der Waals surface area contributed by atoms with E-state index in [2.05, 4.69) is 0 Å². The van der Waals surface area contributed by atoms with E-state index in [1.54, 1.807) is 13.8 Å². The zero-order chi connectivity index (χ0) is 19.4. The van der Waals surface area contributed by atoms with Crippen LogP contribution in [-0.2, 0) is 19.1 Å². The lowest BCUT2D eigenvalue weighted by Crippen LogP contribution is -2.61. The topological polar surface area (TPSA) is 96.3 Å². The van der Waals surface area contributed by atoms with Crippen LogP contribution in [0.4, 0.5) is 0 Å². The lowest BCUT2D eigenvalue weighted by molar-refractivity contribution is -0.160. The van der Waals surface area contributed by atoms with Gasteiger partial charge in [0.15, 0.2) is 11.8 Å². The number of cyclic esters (lactones) is 1. The molecular formula is C18H31NO6. The quantitative estimate of drug-likeness (QED) is 0.730. The molecule has 7 heteroatoms. The molecule has 0 bridgehead atoms. The highest BCUT2D eigenvalue weighted by Crippen LogP contribution is 2.49. The summed E-state index contributed by atoms with van der Waals surface area (Å²) in [5, 5.41) is 20.5. The highest BCUT2D eigenvalue weighted by Gasteiger charge is 2.69. The van der Waals surface area contributed by atoms with E-state index in [9.17, 15) is 19.8 Å². The Morgan fingerprint density at radius 3 is 2.24 bits per heavy atom. The summed E-state index contributed by atoms with van der Waals surface area (Å²) in [6.45, 7) is 12.4. The molecule has 3 unspecified atom stereocenters. The van der Waals surface area contributed by atoms with E-state index in [1.807, 2.05) is 25.7 Å². The van der Waals surface area contributed by atoms with E-state index in [0.717, 1.165) is 0 Å². The Labute approximate surface area is 149 Å². The van der Waals surface area contributed by atoms with Crippen LogP contribution in [0, 0.1) is 5.41 Å². The molecule has 0 aromatic carbocycles. The molecule has 2 saturated heterocycles. The van der Waals surface area contributed by atoms with Crippen LogP contribution in [0.2, 0.25) is 0 Å². The number of esters is 2. The second-order valence-corrected chi connectivity index (χ2v) is 9.50. The van der Waals surface area contributed by atoms with E-state index >= 15 is 0 Å². The molecule has 3 atom stereocenters.